The number of hydrogen-bond donors (Lipinski definition) is 1. The number of carbonyl (C=O) groups is 1. The number of rotatable bonds is 7. The van der Waals surface area contributed by atoms with Crippen molar-refractivity contribution >= 4 is 38.9 Å². The molecular formula is C18H21ClN2O3S2. The fourth-order valence-corrected chi connectivity index (χ4v) is 5.98. The first-order valence-electron chi connectivity index (χ1n) is 8.37. The number of likely N-dealkylation sites (N-methyl/N-ethyl adjacent to an activating group) is 1. The topological polar surface area (TPSA) is 66.5 Å². The summed E-state index contributed by atoms with van der Waals surface area (Å²) in [7, 11) is -2.30. The van der Waals surface area contributed by atoms with Gasteiger partial charge in [0, 0.05) is 19.0 Å². The van der Waals surface area contributed by atoms with Crippen LogP contribution in [0.2, 0.25) is 4.34 Å². The van der Waals surface area contributed by atoms with Crippen LogP contribution in [0.1, 0.15) is 24.8 Å². The predicted molar refractivity (Wildman–Crippen MR) is 104 cm³/mol. The summed E-state index contributed by atoms with van der Waals surface area (Å²) >= 11 is 6.80. The Bertz CT molecular complexity index is 877. The summed E-state index contributed by atoms with van der Waals surface area (Å²) in [5.41, 5.74) is 1.19. The summed E-state index contributed by atoms with van der Waals surface area (Å²) in [6.07, 6.45) is 3.19. The van der Waals surface area contributed by atoms with Crippen molar-refractivity contribution in [1.82, 2.24) is 9.62 Å². The molecule has 1 heterocycles. The van der Waals surface area contributed by atoms with Gasteiger partial charge in [-0.3, -0.25) is 4.79 Å². The number of halogens is 1. The van der Waals surface area contributed by atoms with E-state index in [0.29, 0.717) is 10.9 Å². The first-order chi connectivity index (χ1) is 12.3. The maximum Gasteiger partial charge on any atom is 0.252 e. The Kier molecular flexibility index (Phi) is 5.72. The monoisotopic (exact) mass is 412 g/mol. The SMILES string of the molecule is CN(CC(=O)NCC1(c2ccccc2)CCC1)S(=O)(=O)c1ccc(Cl)s1. The minimum Gasteiger partial charge on any atom is -0.354 e. The van der Waals surface area contributed by atoms with E-state index in [2.05, 4.69) is 17.4 Å². The molecule has 1 amide bonds. The van der Waals surface area contributed by atoms with E-state index < -0.39 is 10.0 Å². The average Bonchev–Trinajstić information content (AvgIpc) is 3.02. The molecule has 1 aliphatic rings. The van der Waals surface area contributed by atoms with E-state index in [0.717, 1.165) is 34.9 Å². The van der Waals surface area contributed by atoms with Gasteiger partial charge in [-0.05, 0) is 30.5 Å². The molecule has 8 heteroatoms. The number of hydrogen-bond acceptors (Lipinski definition) is 4. The Hall–Kier alpha value is -1.41. The van der Waals surface area contributed by atoms with Crippen LogP contribution in [0.5, 0.6) is 0 Å². The zero-order valence-electron chi connectivity index (χ0n) is 14.4. The third-order valence-electron chi connectivity index (χ3n) is 4.90. The predicted octanol–water partition coefficient (Wildman–Crippen LogP) is 3.26. The standard InChI is InChI=1S/C18H21ClN2O3S2/c1-21(26(23,24)17-9-8-15(19)25-17)12-16(22)20-13-18(10-5-11-18)14-6-3-2-4-7-14/h2-4,6-9H,5,10-13H2,1H3,(H,20,22). The largest absolute Gasteiger partial charge is 0.354 e. The van der Waals surface area contributed by atoms with Gasteiger partial charge in [-0.2, -0.15) is 4.31 Å². The zero-order valence-corrected chi connectivity index (χ0v) is 16.8. The molecule has 3 rings (SSSR count). The van der Waals surface area contributed by atoms with Gasteiger partial charge in [0.2, 0.25) is 5.91 Å². The molecular weight excluding hydrogens is 392 g/mol. The summed E-state index contributed by atoms with van der Waals surface area (Å²) in [6.45, 7) is 0.303. The Morgan fingerprint density at radius 3 is 2.46 bits per heavy atom. The van der Waals surface area contributed by atoms with Crippen LogP contribution in [0.15, 0.2) is 46.7 Å². The van der Waals surface area contributed by atoms with Crippen molar-refractivity contribution in [2.24, 2.45) is 0 Å². The maximum absolute atomic E-state index is 12.5. The fourth-order valence-electron chi connectivity index (χ4n) is 3.16. The zero-order chi connectivity index (χ0) is 18.8. The number of carbonyl (C=O) groups excluding carboxylic acids is 1. The molecule has 1 N–H and O–H groups in total. The highest BCUT2D eigenvalue weighted by Gasteiger charge is 2.38. The fraction of sp³-hybridized carbons (Fsp3) is 0.389. The molecule has 1 fully saturated rings. The van der Waals surface area contributed by atoms with Crippen molar-refractivity contribution in [3.63, 3.8) is 0 Å². The molecule has 0 aliphatic heterocycles. The summed E-state index contributed by atoms with van der Waals surface area (Å²) in [5, 5.41) is 2.92. The number of nitrogens with one attached hydrogen (secondary N) is 1. The van der Waals surface area contributed by atoms with Gasteiger partial charge in [0.15, 0.2) is 0 Å². The van der Waals surface area contributed by atoms with Crippen molar-refractivity contribution in [3.05, 3.63) is 52.4 Å². The smallest absolute Gasteiger partial charge is 0.252 e. The minimum atomic E-state index is -3.70. The number of amides is 1. The van der Waals surface area contributed by atoms with Crippen molar-refractivity contribution in [2.45, 2.75) is 28.9 Å². The van der Waals surface area contributed by atoms with Gasteiger partial charge < -0.3 is 5.32 Å². The summed E-state index contributed by atoms with van der Waals surface area (Å²) in [4.78, 5) is 12.3. The Balaban J connectivity index is 1.60. The summed E-state index contributed by atoms with van der Waals surface area (Å²) in [5.74, 6) is -0.305. The van der Waals surface area contributed by atoms with E-state index in [1.807, 2.05) is 18.2 Å². The molecule has 140 valence electrons. The van der Waals surface area contributed by atoms with Crippen LogP contribution in [-0.4, -0.2) is 38.8 Å². The number of sulfonamides is 1. The Morgan fingerprint density at radius 1 is 1.23 bits per heavy atom. The molecule has 1 saturated carbocycles. The lowest BCUT2D eigenvalue weighted by atomic mass is 9.64. The second-order valence-corrected chi connectivity index (χ2v) is 10.6. The third-order valence-corrected chi connectivity index (χ3v) is 8.40. The molecule has 1 aliphatic carbocycles. The molecule has 0 unspecified atom stereocenters. The summed E-state index contributed by atoms with van der Waals surface area (Å²) in [6, 6.07) is 13.1. The minimum absolute atomic E-state index is 0.0321. The van der Waals surface area contributed by atoms with Gasteiger partial charge in [-0.1, -0.05) is 48.4 Å². The second kappa shape index (κ2) is 7.68. The van der Waals surface area contributed by atoms with Crippen molar-refractivity contribution in [3.8, 4) is 0 Å². The van der Waals surface area contributed by atoms with E-state index >= 15 is 0 Å². The van der Waals surface area contributed by atoms with E-state index in [-0.39, 0.29) is 22.1 Å². The van der Waals surface area contributed by atoms with E-state index in [4.69, 9.17) is 11.6 Å². The molecule has 2 aromatic rings. The van der Waals surface area contributed by atoms with E-state index in [9.17, 15) is 13.2 Å². The molecule has 0 bridgehead atoms. The average molecular weight is 413 g/mol. The lowest BCUT2D eigenvalue weighted by Crippen LogP contribution is -2.48. The van der Waals surface area contributed by atoms with Crippen LogP contribution < -0.4 is 5.32 Å². The lowest BCUT2D eigenvalue weighted by molar-refractivity contribution is -0.121. The van der Waals surface area contributed by atoms with E-state index in [1.165, 1.54) is 24.7 Å². The van der Waals surface area contributed by atoms with E-state index in [1.54, 1.807) is 0 Å². The summed E-state index contributed by atoms with van der Waals surface area (Å²) < 4.78 is 26.5. The quantitative estimate of drug-likeness (QED) is 0.759. The van der Waals surface area contributed by atoms with Crippen molar-refractivity contribution in [1.29, 1.82) is 0 Å². The molecule has 1 aromatic carbocycles. The van der Waals surface area contributed by atoms with Crippen molar-refractivity contribution < 1.29 is 13.2 Å². The molecule has 0 saturated heterocycles. The van der Waals surface area contributed by atoms with Gasteiger partial charge >= 0.3 is 0 Å². The highest BCUT2D eigenvalue weighted by Crippen LogP contribution is 2.43. The molecule has 5 nitrogen and oxygen atoms in total. The highest BCUT2D eigenvalue weighted by atomic mass is 35.5. The first kappa shape index (κ1) is 19.4. The third kappa shape index (κ3) is 3.96. The molecule has 0 spiro atoms. The van der Waals surface area contributed by atoms with Crippen LogP contribution in [-0.2, 0) is 20.2 Å². The normalized spacial score (nSPS) is 16.3. The van der Waals surface area contributed by atoms with Crippen molar-refractivity contribution in [2.75, 3.05) is 20.1 Å². The molecule has 0 atom stereocenters. The maximum atomic E-state index is 12.5. The van der Waals surface area contributed by atoms with Gasteiger partial charge in [-0.15, -0.1) is 11.3 Å². The molecule has 1 aromatic heterocycles. The van der Waals surface area contributed by atoms with Crippen LogP contribution >= 0.6 is 22.9 Å². The van der Waals surface area contributed by atoms with Crippen LogP contribution in [0.25, 0.3) is 0 Å². The van der Waals surface area contributed by atoms with Crippen LogP contribution in [0.3, 0.4) is 0 Å². The lowest BCUT2D eigenvalue weighted by Gasteiger charge is -2.42. The van der Waals surface area contributed by atoms with Gasteiger partial charge in [0.1, 0.15) is 4.21 Å². The van der Waals surface area contributed by atoms with Gasteiger partial charge in [0.25, 0.3) is 10.0 Å². The molecule has 0 radical (unpaired) electrons. The van der Waals surface area contributed by atoms with Gasteiger partial charge in [0.05, 0.1) is 10.9 Å². The molecule has 26 heavy (non-hydrogen) atoms. The highest BCUT2D eigenvalue weighted by molar-refractivity contribution is 7.91. The number of benzene rings is 1. The van der Waals surface area contributed by atoms with Crippen LogP contribution in [0, 0.1) is 0 Å². The second-order valence-electron chi connectivity index (χ2n) is 6.60. The first-order valence-corrected chi connectivity index (χ1v) is 11.0. The Morgan fingerprint density at radius 2 is 1.92 bits per heavy atom. The van der Waals surface area contributed by atoms with Crippen LogP contribution in [0.4, 0.5) is 0 Å². The Labute approximate surface area is 163 Å². The van der Waals surface area contributed by atoms with Gasteiger partial charge in [-0.25, -0.2) is 8.42 Å². The number of thiophene rings is 1. The number of nitrogens with zero attached hydrogens (tertiary/aromatic N) is 1.